The summed E-state index contributed by atoms with van der Waals surface area (Å²) < 4.78 is 3.51. The van der Waals surface area contributed by atoms with Crippen molar-refractivity contribution in [3.05, 3.63) is 88.4 Å². The lowest BCUT2D eigenvalue weighted by atomic mass is 10.1. The van der Waals surface area contributed by atoms with Crippen LogP contribution in [-0.2, 0) is 13.1 Å². The van der Waals surface area contributed by atoms with Crippen LogP contribution in [0.25, 0.3) is 22.7 Å². The Balaban J connectivity index is 1.58. The second-order valence-corrected chi connectivity index (χ2v) is 7.47. The third-order valence-electron chi connectivity index (χ3n) is 5.35. The van der Waals surface area contributed by atoms with Crippen LogP contribution in [0.2, 0.25) is 0 Å². The van der Waals surface area contributed by atoms with E-state index in [1.54, 1.807) is 10.9 Å². The van der Waals surface area contributed by atoms with Gasteiger partial charge in [0, 0.05) is 12.7 Å². The van der Waals surface area contributed by atoms with Gasteiger partial charge < -0.3 is 9.88 Å². The van der Waals surface area contributed by atoms with E-state index in [0.717, 1.165) is 22.4 Å². The van der Waals surface area contributed by atoms with Gasteiger partial charge in [-0.05, 0) is 24.1 Å². The first kappa shape index (κ1) is 18.9. The summed E-state index contributed by atoms with van der Waals surface area (Å²) in [6, 6.07) is 16.1. The predicted molar refractivity (Wildman–Crippen MR) is 119 cm³/mol. The summed E-state index contributed by atoms with van der Waals surface area (Å²) in [5.74, 6) is 0.481. The Hall–Kier alpha value is -4.07. The molecular weight excluding hydrogens is 390 g/mol. The molecule has 3 aromatic rings. The average Bonchev–Trinajstić information content (AvgIpc) is 3.23. The molecule has 0 spiro atoms. The van der Waals surface area contributed by atoms with Gasteiger partial charge in [0.05, 0.1) is 19.4 Å². The van der Waals surface area contributed by atoms with Gasteiger partial charge in [-0.15, -0.1) is 0 Å². The number of rotatable bonds is 5. The SMILES string of the molecule is CNc1ccccc1Cn1cnc2c3nc(=O)n(Cc4cccc(C)c4)c-3ncnc21. The average molecular weight is 411 g/mol. The van der Waals surface area contributed by atoms with E-state index >= 15 is 0 Å². The lowest BCUT2D eigenvalue weighted by molar-refractivity contribution is 0.757. The van der Waals surface area contributed by atoms with Gasteiger partial charge in [-0.3, -0.25) is 4.57 Å². The first-order valence-corrected chi connectivity index (χ1v) is 10.0. The Morgan fingerprint density at radius 3 is 2.71 bits per heavy atom. The molecule has 0 bridgehead atoms. The lowest BCUT2D eigenvalue weighted by Crippen LogP contribution is -2.17. The molecule has 5 rings (SSSR count). The highest BCUT2D eigenvalue weighted by molar-refractivity contribution is 5.85. The minimum atomic E-state index is -0.341. The number of aryl methyl sites for hydroxylation is 1. The van der Waals surface area contributed by atoms with Gasteiger partial charge in [0.15, 0.2) is 11.5 Å². The van der Waals surface area contributed by atoms with E-state index in [1.165, 1.54) is 6.33 Å². The van der Waals surface area contributed by atoms with E-state index < -0.39 is 0 Å². The van der Waals surface area contributed by atoms with Gasteiger partial charge in [0.1, 0.15) is 17.5 Å². The fourth-order valence-corrected chi connectivity index (χ4v) is 3.87. The Labute approximate surface area is 178 Å². The van der Waals surface area contributed by atoms with Crippen LogP contribution in [0.3, 0.4) is 0 Å². The van der Waals surface area contributed by atoms with E-state index in [9.17, 15) is 4.79 Å². The van der Waals surface area contributed by atoms with E-state index in [-0.39, 0.29) is 5.69 Å². The monoisotopic (exact) mass is 411 g/mol. The molecule has 0 fully saturated rings. The maximum Gasteiger partial charge on any atom is 0.350 e. The summed E-state index contributed by atoms with van der Waals surface area (Å²) in [4.78, 5) is 30.5. The topological polar surface area (TPSA) is 90.5 Å². The first-order chi connectivity index (χ1) is 15.1. The number of imidazole rings is 2. The van der Waals surface area contributed by atoms with Crippen LogP contribution < -0.4 is 11.0 Å². The van der Waals surface area contributed by atoms with Gasteiger partial charge >= 0.3 is 5.69 Å². The minimum absolute atomic E-state index is 0.341. The smallest absolute Gasteiger partial charge is 0.350 e. The maximum absolute atomic E-state index is 12.7. The van der Waals surface area contributed by atoms with Crippen LogP contribution in [0.1, 0.15) is 16.7 Å². The van der Waals surface area contributed by atoms with E-state index in [2.05, 4.69) is 37.4 Å². The van der Waals surface area contributed by atoms with Gasteiger partial charge in [-0.1, -0.05) is 48.0 Å². The largest absolute Gasteiger partial charge is 0.388 e. The van der Waals surface area contributed by atoms with Gasteiger partial charge in [-0.2, -0.15) is 4.98 Å². The van der Waals surface area contributed by atoms with E-state index in [0.29, 0.717) is 35.8 Å². The highest BCUT2D eigenvalue weighted by Crippen LogP contribution is 2.24. The first-order valence-electron chi connectivity index (χ1n) is 10.0. The molecule has 0 atom stereocenters. The maximum atomic E-state index is 12.7. The second kappa shape index (κ2) is 7.64. The van der Waals surface area contributed by atoms with Crippen molar-refractivity contribution in [1.29, 1.82) is 0 Å². The third-order valence-corrected chi connectivity index (χ3v) is 5.35. The number of para-hydroxylation sites is 1. The molecule has 0 unspecified atom stereocenters. The molecule has 2 aromatic carbocycles. The van der Waals surface area contributed by atoms with Crippen molar-refractivity contribution in [1.82, 2.24) is 29.1 Å². The predicted octanol–water partition coefficient (Wildman–Crippen LogP) is 2.93. The highest BCUT2D eigenvalue weighted by Gasteiger charge is 2.21. The summed E-state index contributed by atoms with van der Waals surface area (Å²) in [7, 11) is 1.90. The molecule has 2 aliphatic heterocycles. The van der Waals surface area contributed by atoms with Crippen LogP contribution in [-0.4, -0.2) is 36.1 Å². The minimum Gasteiger partial charge on any atom is -0.388 e. The Morgan fingerprint density at radius 2 is 1.87 bits per heavy atom. The van der Waals surface area contributed by atoms with Crippen LogP contribution in [0, 0.1) is 6.92 Å². The number of nitrogens with one attached hydrogen (secondary N) is 1. The molecule has 1 aromatic heterocycles. The van der Waals surface area contributed by atoms with Gasteiger partial charge in [0.25, 0.3) is 0 Å². The molecule has 31 heavy (non-hydrogen) atoms. The molecule has 0 radical (unpaired) electrons. The van der Waals surface area contributed by atoms with Gasteiger partial charge in [-0.25, -0.2) is 19.7 Å². The quantitative estimate of drug-likeness (QED) is 0.478. The molecule has 3 heterocycles. The zero-order valence-electron chi connectivity index (χ0n) is 17.3. The number of fused-ring (bicyclic) bond motifs is 3. The van der Waals surface area contributed by atoms with Crippen molar-refractivity contribution in [2.75, 3.05) is 12.4 Å². The Kier molecular flexibility index (Phi) is 4.66. The molecular formula is C23H21N7O. The fraction of sp³-hybridized carbons (Fsp3) is 0.174. The number of hydrogen-bond acceptors (Lipinski definition) is 6. The Bertz CT molecular complexity index is 1420. The van der Waals surface area contributed by atoms with Crippen LogP contribution in [0.5, 0.6) is 0 Å². The number of nitrogens with zero attached hydrogens (tertiary/aromatic N) is 6. The molecule has 2 aliphatic rings. The van der Waals surface area contributed by atoms with Gasteiger partial charge in [0.2, 0.25) is 0 Å². The standard InChI is InChI=1S/C23H21N7O/c1-15-6-5-7-16(10-15)11-30-22-20(28-23(30)31)19-21(25-13-26-22)29(14-27-19)12-17-8-3-4-9-18(17)24-2/h3-10,13-14,24H,11-12H2,1-2H3. The van der Waals surface area contributed by atoms with E-state index in [4.69, 9.17) is 0 Å². The second-order valence-electron chi connectivity index (χ2n) is 7.47. The molecule has 0 saturated carbocycles. The van der Waals surface area contributed by atoms with Crippen molar-refractivity contribution in [3.8, 4) is 11.5 Å². The molecule has 8 nitrogen and oxygen atoms in total. The van der Waals surface area contributed by atoms with Crippen molar-refractivity contribution in [2.45, 2.75) is 20.0 Å². The lowest BCUT2D eigenvalue weighted by Gasteiger charge is -2.09. The number of benzene rings is 2. The zero-order valence-corrected chi connectivity index (χ0v) is 17.3. The van der Waals surface area contributed by atoms with Crippen LogP contribution in [0.15, 0.2) is 66.0 Å². The molecule has 0 aliphatic carbocycles. The molecule has 0 amide bonds. The molecule has 154 valence electrons. The van der Waals surface area contributed by atoms with Crippen molar-refractivity contribution < 1.29 is 0 Å². The number of anilines is 1. The normalized spacial score (nSPS) is 11.3. The van der Waals surface area contributed by atoms with Crippen molar-refractivity contribution in [2.24, 2.45) is 0 Å². The Morgan fingerprint density at radius 1 is 1.00 bits per heavy atom. The fourth-order valence-electron chi connectivity index (χ4n) is 3.87. The summed E-state index contributed by atoms with van der Waals surface area (Å²) in [6.07, 6.45) is 3.20. The summed E-state index contributed by atoms with van der Waals surface area (Å²) >= 11 is 0. The van der Waals surface area contributed by atoms with Crippen LogP contribution in [0.4, 0.5) is 5.69 Å². The summed E-state index contributed by atoms with van der Waals surface area (Å²) in [6.45, 7) is 3.00. The molecule has 1 N–H and O–H groups in total. The molecule has 8 heteroatoms. The van der Waals surface area contributed by atoms with Crippen molar-refractivity contribution in [3.63, 3.8) is 0 Å². The number of hydrogen-bond donors (Lipinski definition) is 1. The summed E-state index contributed by atoms with van der Waals surface area (Å²) in [5, 5.41) is 3.21. The number of aromatic nitrogens is 6. The van der Waals surface area contributed by atoms with Crippen LogP contribution >= 0.6 is 0 Å². The van der Waals surface area contributed by atoms with E-state index in [1.807, 2.05) is 54.9 Å². The highest BCUT2D eigenvalue weighted by atomic mass is 16.1. The zero-order chi connectivity index (χ0) is 21.4. The third kappa shape index (κ3) is 3.42. The molecule has 0 saturated heterocycles. The summed E-state index contributed by atoms with van der Waals surface area (Å²) in [5.41, 5.74) is 5.62. The van der Waals surface area contributed by atoms with Crippen molar-refractivity contribution >= 4 is 16.9 Å².